The summed E-state index contributed by atoms with van der Waals surface area (Å²) < 4.78 is 24.9. The largest absolute Gasteiger partial charge is 0.453 e. The molecule has 3 N–H and O–H groups in total. The van der Waals surface area contributed by atoms with Crippen LogP contribution in [0.15, 0.2) is 42.7 Å². The second kappa shape index (κ2) is 7.58. The van der Waals surface area contributed by atoms with Crippen molar-refractivity contribution in [2.45, 2.75) is 24.9 Å². The Morgan fingerprint density at radius 2 is 2.16 bits per heavy atom. The average Bonchev–Trinajstić information content (AvgIpc) is 2.63. The van der Waals surface area contributed by atoms with E-state index >= 15 is 0 Å². The Labute approximate surface area is 145 Å². The molecule has 1 fully saturated rings. The highest BCUT2D eigenvalue weighted by Gasteiger charge is 2.35. The van der Waals surface area contributed by atoms with Crippen molar-refractivity contribution < 1.29 is 18.7 Å². The first kappa shape index (κ1) is 17.3. The minimum atomic E-state index is -0.917. The fourth-order valence-electron chi connectivity index (χ4n) is 2.59. The van der Waals surface area contributed by atoms with Crippen LogP contribution in [0.25, 0.3) is 0 Å². The van der Waals surface area contributed by atoms with Crippen LogP contribution in [0, 0.1) is 5.82 Å². The predicted molar refractivity (Wildman–Crippen MR) is 89.5 cm³/mol. The normalized spacial score (nSPS) is 16.2. The zero-order valence-electron chi connectivity index (χ0n) is 13.7. The summed E-state index contributed by atoms with van der Waals surface area (Å²) in [6.45, 7) is 1.14. The molecule has 6 nitrogen and oxygen atoms in total. The number of aromatic nitrogens is 1. The lowest BCUT2D eigenvalue weighted by atomic mass is 9.90. The summed E-state index contributed by atoms with van der Waals surface area (Å²) in [7, 11) is 0. The molecular formula is C18H20FN3O3. The molecule has 0 bridgehead atoms. The van der Waals surface area contributed by atoms with E-state index in [0.717, 1.165) is 0 Å². The van der Waals surface area contributed by atoms with Gasteiger partial charge in [0.15, 0.2) is 11.6 Å². The quantitative estimate of drug-likeness (QED) is 0.867. The van der Waals surface area contributed by atoms with Crippen LogP contribution in [0.2, 0.25) is 0 Å². The van der Waals surface area contributed by atoms with Gasteiger partial charge < -0.3 is 20.5 Å². The number of benzene rings is 1. The maximum Gasteiger partial charge on any atom is 0.240 e. The van der Waals surface area contributed by atoms with Crippen molar-refractivity contribution in [1.29, 1.82) is 0 Å². The third-order valence-electron chi connectivity index (χ3n) is 4.15. The fourth-order valence-corrected chi connectivity index (χ4v) is 2.59. The van der Waals surface area contributed by atoms with Crippen LogP contribution in [-0.4, -0.2) is 29.6 Å². The van der Waals surface area contributed by atoms with Crippen molar-refractivity contribution in [2.75, 3.05) is 13.2 Å². The molecule has 132 valence electrons. The molecule has 7 heteroatoms. The lowest BCUT2D eigenvalue weighted by Crippen LogP contribution is -2.56. The van der Waals surface area contributed by atoms with Crippen LogP contribution in [-0.2, 0) is 16.1 Å². The van der Waals surface area contributed by atoms with Crippen LogP contribution < -0.4 is 15.8 Å². The first-order valence-corrected chi connectivity index (χ1v) is 8.08. The van der Waals surface area contributed by atoms with Gasteiger partial charge in [0, 0.05) is 26.0 Å². The third-order valence-corrected chi connectivity index (χ3v) is 4.15. The number of rotatable bonds is 5. The first-order chi connectivity index (χ1) is 12.1. The molecule has 0 aliphatic carbocycles. The fraction of sp³-hybridized carbons (Fsp3) is 0.333. The predicted octanol–water partition coefficient (Wildman–Crippen LogP) is 2.14. The smallest absolute Gasteiger partial charge is 0.240 e. The second-order valence-corrected chi connectivity index (χ2v) is 6.01. The monoisotopic (exact) mass is 345 g/mol. The van der Waals surface area contributed by atoms with E-state index < -0.39 is 11.4 Å². The van der Waals surface area contributed by atoms with Crippen molar-refractivity contribution in [3.05, 3.63) is 54.1 Å². The number of nitrogens with two attached hydrogens (primary N) is 1. The zero-order chi connectivity index (χ0) is 17.7. The third kappa shape index (κ3) is 4.32. The maximum absolute atomic E-state index is 14.2. The Morgan fingerprint density at radius 3 is 2.84 bits per heavy atom. The molecule has 1 amide bonds. The summed E-state index contributed by atoms with van der Waals surface area (Å²) in [5.74, 6) is -0.203. The molecule has 0 spiro atoms. The molecule has 0 unspecified atom stereocenters. The number of hydrogen-bond donors (Lipinski definition) is 2. The molecular weight excluding hydrogens is 325 g/mol. The van der Waals surface area contributed by atoms with Crippen molar-refractivity contribution >= 4 is 5.91 Å². The van der Waals surface area contributed by atoms with E-state index in [1.807, 2.05) is 0 Å². The number of halogens is 1. The second-order valence-electron chi connectivity index (χ2n) is 6.01. The summed E-state index contributed by atoms with van der Waals surface area (Å²) in [6.07, 6.45) is 4.07. The lowest BCUT2D eigenvalue weighted by Gasteiger charge is -2.31. The van der Waals surface area contributed by atoms with Crippen molar-refractivity contribution in [1.82, 2.24) is 10.3 Å². The number of hydrogen-bond acceptors (Lipinski definition) is 5. The van der Waals surface area contributed by atoms with Gasteiger partial charge in [-0.2, -0.15) is 0 Å². The van der Waals surface area contributed by atoms with E-state index in [2.05, 4.69) is 10.3 Å². The Kier molecular flexibility index (Phi) is 5.25. The summed E-state index contributed by atoms with van der Waals surface area (Å²) in [6, 6.07) is 7.95. The van der Waals surface area contributed by atoms with Gasteiger partial charge in [0.05, 0.1) is 11.7 Å². The van der Waals surface area contributed by atoms with E-state index in [4.69, 9.17) is 15.2 Å². The van der Waals surface area contributed by atoms with Gasteiger partial charge in [0.25, 0.3) is 0 Å². The summed E-state index contributed by atoms with van der Waals surface area (Å²) in [4.78, 5) is 16.2. The Bertz CT molecular complexity index is 734. The van der Waals surface area contributed by atoms with Gasteiger partial charge in [-0.25, -0.2) is 4.39 Å². The number of nitrogens with zero attached hydrogens (tertiary/aromatic N) is 1. The number of amides is 1. The van der Waals surface area contributed by atoms with Gasteiger partial charge in [-0.3, -0.25) is 9.78 Å². The van der Waals surface area contributed by atoms with Crippen LogP contribution in [0.5, 0.6) is 11.5 Å². The van der Waals surface area contributed by atoms with E-state index in [-0.39, 0.29) is 18.2 Å². The molecule has 1 saturated heterocycles. The molecule has 2 aromatic rings. The minimum Gasteiger partial charge on any atom is -0.453 e. The molecule has 1 aliphatic heterocycles. The van der Waals surface area contributed by atoms with E-state index in [9.17, 15) is 9.18 Å². The molecule has 1 aromatic carbocycles. The van der Waals surface area contributed by atoms with Gasteiger partial charge in [0.1, 0.15) is 5.75 Å². The van der Waals surface area contributed by atoms with Gasteiger partial charge in [-0.1, -0.05) is 6.07 Å². The number of ether oxygens (including phenoxy) is 2. The summed E-state index contributed by atoms with van der Waals surface area (Å²) >= 11 is 0. The molecule has 0 saturated carbocycles. The SMILES string of the molecule is NC1(C(=O)NCc2ccc(Oc3cccnc3)c(F)c2)CCOCC1. The van der Waals surface area contributed by atoms with E-state index in [1.165, 1.54) is 18.3 Å². The van der Waals surface area contributed by atoms with E-state index in [0.29, 0.717) is 37.4 Å². The zero-order valence-corrected chi connectivity index (χ0v) is 13.7. The standard InChI is InChI=1S/C18H20FN3O3/c19-15-10-13(3-4-16(15)25-14-2-1-7-21-12-14)11-22-17(23)18(20)5-8-24-9-6-18/h1-4,7,10,12H,5-6,8-9,11,20H2,(H,22,23). The first-order valence-electron chi connectivity index (χ1n) is 8.08. The number of nitrogens with one attached hydrogen (secondary N) is 1. The number of carbonyl (C=O) groups excluding carboxylic acids is 1. The van der Waals surface area contributed by atoms with Gasteiger partial charge >= 0.3 is 0 Å². The maximum atomic E-state index is 14.2. The minimum absolute atomic E-state index is 0.0998. The van der Waals surface area contributed by atoms with Gasteiger partial charge in [-0.15, -0.1) is 0 Å². The number of carbonyl (C=O) groups is 1. The molecule has 1 aromatic heterocycles. The van der Waals surface area contributed by atoms with Crippen LogP contribution in [0.4, 0.5) is 4.39 Å². The Balaban J connectivity index is 1.60. The topological polar surface area (TPSA) is 86.5 Å². The Hall–Kier alpha value is -2.51. The van der Waals surface area contributed by atoms with Gasteiger partial charge in [-0.05, 0) is 42.7 Å². The van der Waals surface area contributed by atoms with Crippen LogP contribution in [0.3, 0.4) is 0 Å². The summed E-state index contributed by atoms with van der Waals surface area (Å²) in [5, 5.41) is 2.77. The highest BCUT2D eigenvalue weighted by Crippen LogP contribution is 2.24. The Morgan fingerprint density at radius 1 is 1.36 bits per heavy atom. The van der Waals surface area contributed by atoms with Crippen molar-refractivity contribution in [3.63, 3.8) is 0 Å². The molecule has 1 aliphatic rings. The van der Waals surface area contributed by atoms with Crippen LogP contribution in [0.1, 0.15) is 18.4 Å². The molecule has 0 atom stereocenters. The highest BCUT2D eigenvalue weighted by atomic mass is 19.1. The van der Waals surface area contributed by atoms with E-state index in [1.54, 1.807) is 24.4 Å². The molecule has 3 rings (SSSR count). The van der Waals surface area contributed by atoms with Crippen LogP contribution >= 0.6 is 0 Å². The lowest BCUT2D eigenvalue weighted by molar-refractivity contribution is -0.129. The average molecular weight is 345 g/mol. The van der Waals surface area contributed by atoms with Crippen molar-refractivity contribution in [2.24, 2.45) is 5.73 Å². The molecule has 2 heterocycles. The molecule has 0 radical (unpaired) electrons. The van der Waals surface area contributed by atoms with Crippen molar-refractivity contribution in [3.8, 4) is 11.5 Å². The molecule has 25 heavy (non-hydrogen) atoms. The highest BCUT2D eigenvalue weighted by molar-refractivity contribution is 5.86. The summed E-state index contributed by atoms with van der Waals surface area (Å²) in [5.41, 5.74) is 5.82. The van der Waals surface area contributed by atoms with Gasteiger partial charge in [0.2, 0.25) is 5.91 Å². The number of pyridine rings is 1.